The molecule has 192 valence electrons. The number of thiophene rings is 1. The summed E-state index contributed by atoms with van der Waals surface area (Å²) >= 11 is 1.35. The van der Waals surface area contributed by atoms with E-state index in [4.69, 9.17) is 4.74 Å². The highest BCUT2D eigenvalue weighted by Gasteiger charge is 2.70. The van der Waals surface area contributed by atoms with Crippen LogP contribution in [0.4, 0.5) is 11.4 Å². The maximum atomic E-state index is 14.7. The van der Waals surface area contributed by atoms with Gasteiger partial charge in [-0.1, -0.05) is 54.6 Å². The largest absolute Gasteiger partial charge is 0.497 e. The van der Waals surface area contributed by atoms with E-state index in [1.807, 2.05) is 77.0 Å². The summed E-state index contributed by atoms with van der Waals surface area (Å²) in [5.74, 6) is -1.04. The molecule has 39 heavy (non-hydrogen) atoms. The Labute approximate surface area is 229 Å². The Balaban J connectivity index is 1.52. The van der Waals surface area contributed by atoms with Gasteiger partial charge in [0.15, 0.2) is 11.6 Å². The topological polar surface area (TPSA) is 75.7 Å². The van der Waals surface area contributed by atoms with Gasteiger partial charge in [-0.3, -0.25) is 14.4 Å². The third-order valence-corrected chi connectivity index (χ3v) is 9.12. The fourth-order valence-corrected chi connectivity index (χ4v) is 7.32. The van der Waals surface area contributed by atoms with Crippen molar-refractivity contribution in [1.29, 1.82) is 0 Å². The van der Waals surface area contributed by atoms with Gasteiger partial charge in [-0.2, -0.15) is 0 Å². The van der Waals surface area contributed by atoms with Crippen LogP contribution in [0.15, 0.2) is 96.4 Å². The van der Waals surface area contributed by atoms with Gasteiger partial charge >= 0.3 is 0 Å². The van der Waals surface area contributed by atoms with Gasteiger partial charge in [-0.25, -0.2) is 0 Å². The molecule has 1 spiro atoms. The maximum absolute atomic E-state index is 14.7. The highest BCUT2D eigenvalue weighted by molar-refractivity contribution is 7.12. The Morgan fingerprint density at radius 2 is 1.69 bits per heavy atom. The lowest BCUT2D eigenvalue weighted by Crippen LogP contribution is -2.51. The summed E-state index contributed by atoms with van der Waals surface area (Å²) < 4.78 is 5.31. The standard InChI is InChI=1S/C32H24N2O4S/c1-38-21-15-12-20(13-16-21)29(35)27-28(30(36)25-11-6-18-39-25)34-24-10-5-2-7-19(24)14-17-26(34)32(27)22-8-3-4-9-23(22)33-31(32)37/h2-18,26-28H,1H3,(H,33,37)/t26-,27+,28+,32+/m1/s1. The molecule has 1 fully saturated rings. The molecule has 1 saturated heterocycles. The molecule has 0 bridgehead atoms. The molecule has 1 N–H and O–H groups in total. The minimum atomic E-state index is -1.31. The Hall–Kier alpha value is -4.49. The fraction of sp³-hybridized carbons (Fsp3) is 0.156. The number of ketones is 2. The van der Waals surface area contributed by atoms with Crippen molar-refractivity contribution in [3.05, 3.63) is 118 Å². The molecular formula is C32H24N2O4S. The van der Waals surface area contributed by atoms with Crippen molar-refractivity contribution in [3.8, 4) is 5.75 Å². The van der Waals surface area contributed by atoms with E-state index < -0.39 is 23.4 Å². The predicted octanol–water partition coefficient (Wildman–Crippen LogP) is 5.61. The van der Waals surface area contributed by atoms with Crippen LogP contribution in [-0.2, 0) is 10.2 Å². The second-order valence-corrected chi connectivity index (χ2v) is 10.9. The lowest BCUT2D eigenvalue weighted by atomic mass is 9.64. The number of hydrogen-bond acceptors (Lipinski definition) is 6. The van der Waals surface area contributed by atoms with Gasteiger partial charge in [0.05, 0.1) is 23.9 Å². The average Bonchev–Trinajstić information content (AvgIpc) is 3.69. The van der Waals surface area contributed by atoms with Crippen LogP contribution in [0.2, 0.25) is 0 Å². The molecule has 0 aliphatic carbocycles. The third kappa shape index (κ3) is 3.23. The maximum Gasteiger partial charge on any atom is 0.238 e. The number of nitrogens with one attached hydrogen (secondary N) is 1. The number of hydrogen-bond donors (Lipinski definition) is 1. The molecule has 4 atom stereocenters. The van der Waals surface area contributed by atoms with Gasteiger partial charge in [0, 0.05) is 16.9 Å². The molecule has 3 aliphatic heterocycles. The average molecular weight is 533 g/mol. The van der Waals surface area contributed by atoms with E-state index in [0.29, 0.717) is 21.9 Å². The zero-order valence-corrected chi connectivity index (χ0v) is 21.9. The van der Waals surface area contributed by atoms with E-state index in [9.17, 15) is 14.4 Å². The summed E-state index contributed by atoms with van der Waals surface area (Å²) in [5, 5.41) is 4.91. The van der Waals surface area contributed by atoms with E-state index in [1.165, 1.54) is 11.3 Å². The number of nitrogens with zero attached hydrogens (tertiary/aromatic N) is 1. The minimum Gasteiger partial charge on any atom is -0.497 e. The van der Waals surface area contributed by atoms with Crippen molar-refractivity contribution in [1.82, 2.24) is 0 Å². The molecule has 4 heterocycles. The summed E-state index contributed by atoms with van der Waals surface area (Å²) in [6.45, 7) is 0. The number of methoxy groups -OCH3 is 1. The monoisotopic (exact) mass is 532 g/mol. The van der Waals surface area contributed by atoms with Crippen LogP contribution < -0.4 is 15.0 Å². The molecular weight excluding hydrogens is 508 g/mol. The summed E-state index contributed by atoms with van der Waals surface area (Å²) in [6, 6.07) is 24.4. The van der Waals surface area contributed by atoms with Crippen LogP contribution in [0, 0.1) is 5.92 Å². The predicted molar refractivity (Wildman–Crippen MR) is 152 cm³/mol. The second-order valence-electron chi connectivity index (χ2n) is 10.00. The first-order valence-electron chi connectivity index (χ1n) is 12.8. The van der Waals surface area contributed by atoms with Crippen LogP contribution >= 0.6 is 11.3 Å². The Kier molecular flexibility index (Phi) is 5.32. The SMILES string of the molecule is COc1ccc(C(=O)[C@@H]2[C@@H](C(=O)c3cccs3)N3c4ccccc4C=C[C@@H]3[C@]23C(=O)Nc2ccccc23)cc1. The smallest absolute Gasteiger partial charge is 0.238 e. The second kappa shape index (κ2) is 8.78. The van der Waals surface area contributed by atoms with Crippen molar-refractivity contribution in [2.24, 2.45) is 5.92 Å². The zero-order valence-electron chi connectivity index (χ0n) is 21.0. The number of para-hydroxylation sites is 2. The molecule has 7 rings (SSSR count). The molecule has 3 aromatic carbocycles. The lowest BCUT2D eigenvalue weighted by molar-refractivity contribution is -0.121. The van der Waals surface area contributed by atoms with Gasteiger partial charge in [0.25, 0.3) is 0 Å². The number of carbonyl (C=O) groups excluding carboxylic acids is 3. The number of anilines is 2. The van der Waals surface area contributed by atoms with E-state index >= 15 is 0 Å². The van der Waals surface area contributed by atoms with Gasteiger partial charge in [0.1, 0.15) is 17.2 Å². The van der Waals surface area contributed by atoms with Gasteiger partial charge in [-0.05, 0) is 59.0 Å². The number of ether oxygens (including phenoxy) is 1. The van der Waals surface area contributed by atoms with Crippen molar-refractivity contribution in [2.45, 2.75) is 17.5 Å². The Morgan fingerprint density at radius 3 is 2.46 bits per heavy atom. The molecule has 1 amide bonds. The number of rotatable bonds is 5. The molecule has 0 radical (unpaired) electrons. The zero-order chi connectivity index (χ0) is 26.7. The first-order chi connectivity index (χ1) is 19.1. The molecule has 4 aromatic rings. The van der Waals surface area contributed by atoms with Crippen LogP contribution in [0.25, 0.3) is 6.08 Å². The molecule has 7 heteroatoms. The van der Waals surface area contributed by atoms with Crippen molar-refractivity contribution < 1.29 is 19.1 Å². The van der Waals surface area contributed by atoms with Gasteiger partial charge in [0.2, 0.25) is 5.91 Å². The Morgan fingerprint density at radius 1 is 0.923 bits per heavy atom. The lowest BCUT2D eigenvalue weighted by Gasteiger charge is -2.37. The summed E-state index contributed by atoms with van der Waals surface area (Å²) in [6.07, 6.45) is 3.99. The third-order valence-electron chi connectivity index (χ3n) is 8.23. The highest BCUT2D eigenvalue weighted by atomic mass is 32.1. The van der Waals surface area contributed by atoms with Gasteiger partial charge in [-0.15, -0.1) is 11.3 Å². The van der Waals surface area contributed by atoms with Crippen LogP contribution in [-0.4, -0.2) is 36.7 Å². The minimum absolute atomic E-state index is 0.166. The van der Waals surface area contributed by atoms with E-state index in [-0.39, 0.29) is 17.5 Å². The summed E-state index contributed by atoms with van der Waals surface area (Å²) in [7, 11) is 1.57. The molecule has 0 saturated carbocycles. The molecule has 3 aliphatic rings. The van der Waals surface area contributed by atoms with Crippen molar-refractivity contribution in [3.63, 3.8) is 0 Å². The number of benzene rings is 3. The number of amides is 1. The number of fused-ring (bicyclic) bond motifs is 6. The number of Topliss-reactive ketones (excluding diaryl/α,β-unsaturated/α-hetero) is 2. The highest BCUT2D eigenvalue weighted by Crippen LogP contribution is 2.58. The fourth-order valence-electron chi connectivity index (χ4n) is 6.62. The summed E-state index contributed by atoms with van der Waals surface area (Å²) in [5.41, 5.74) is 2.31. The van der Waals surface area contributed by atoms with Gasteiger partial charge < -0.3 is 15.0 Å². The molecule has 1 aromatic heterocycles. The van der Waals surface area contributed by atoms with Crippen LogP contribution in [0.1, 0.15) is 31.2 Å². The molecule has 6 nitrogen and oxygen atoms in total. The quantitative estimate of drug-likeness (QED) is 0.338. The first kappa shape index (κ1) is 23.6. The molecule has 0 unspecified atom stereocenters. The van der Waals surface area contributed by atoms with E-state index in [0.717, 1.165) is 16.8 Å². The van der Waals surface area contributed by atoms with Crippen LogP contribution in [0.5, 0.6) is 5.75 Å². The van der Waals surface area contributed by atoms with E-state index in [1.54, 1.807) is 37.4 Å². The van der Waals surface area contributed by atoms with Crippen LogP contribution in [0.3, 0.4) is 0 Å². The van der Waals surface area contributed by atoms with Crippen molar-refractivity contribution >= 4 is 46.3 Å². The summed E-state index contributed by atoms with van der Waals surface area (Å²) in [4.78, 5) is 45.9. The van der Waals surface area contributed by atoms with Crippen molar-refractivity contribution in [2.75, 3.05) is 17.3 Å². The van der Waals surface area contributed by atoms with E-state index in [2.05, 4.69) is 5.32 Å². The first-order valence-corrected chi connectivity index (χ1v) is 13.7. The number of carbonyl (C=O) groups is 3. The normalized spacial score (nSPS) is 24.2. The Bertz CT molecular complexity index is 1660.